The Morgan fingerprint density at radius 1 is 1.50 bits per heavy atom. The first-order valence-electron chi connectivity index (χ1n) is 4.67. The average molecular weight is 250 g/mol. The van der Waals surface area contributed by atoms with Crippen LogP contribution in [0.1, 0.15) is 0 Å². The molecular formula is C8H6N6O4. The molecule has 0 aromatic carbocycles. The molecule has 0 aliphatic carbocycles. The zero-order valence-corrected chi connectivity index (χ0v) is 8.79. The lowest BCUT2D eigenvalue weighted by Gasteiger charge is -1.98. The predicted octanol–water partition coefficient (Wildman–Crippen LogP) is -0.272. The average Bonchev–Trinajstić information content (AvgIpc) is 2.76. The molecule has 0 saturated heterocycles. The lowest BCUT2D eigenvalue weighted by atomic mass is 10.3. The van der Waals surface area contributed by atoms with Gasteiger partial charge >= 0.3 is 11.8 Å². The first-order valence-corrected chi connectivity index (χ1v) is 4.67. The van der Waals surface area contributed by atoms with Gasteiger partial charge in [0.05, 0.1) is 0 Å². The molecular weight excluding hydrogens is 244 g/mol. The van der Waals surface area contributed by atoms with E-state index in [2.05, 4.69) is 20.5 Å². The number of pyridine rings is 1. The van der Waals surface area contributed by atoms with Gasteiger partial charge in [-0.3, -0.25) is 4.79 Å². The minimum absolute atomic E-state index is 0.0566. The van der Waals surface area contributed by atoms with E-state index in [1.54, 1.807) is 0 Å². The van der Waals surface area contributed by atoms with Gasteiger partial charge in [0.25, 0.3) is 0 Å². The van der Waals surface area contributed by atoms with Crippen LogP contribution in [0, 0.1) is 10.1 Å². The van der Waals surface area contributed by atoms with Crippen molar-refractivity contribution in [1.29, 1.82) is 0 Å². The first kappa shape index (κ1) is 11.6. The predicted molar refractivity (Wildman–Crippen MR) is 55.3 cm³/mol. The van der Waals surface area contributed by atoms with Gasteiger partial charge in [-0.15, -0.1) is 5.10 Å². The Kier molecular flexibility index (Phi) is 2.91. The molecule has 1 N–H and O–H groups in total. The van der Waals surface area contributed by atoms with Crippen molar-refractivity contribution < 1.29 is 14.8 Å². The van der Waals surface area contributed by atoms with Gasteiger partial charge in [0.1, 0.15) is 6.54 Å². The van der Waals surface area contributed by atoms with Crippen molar-refractivity contribution in [1.82, 2.24) is 25.2 Å². The van der Waals surface area contributed by atoms with Gasteiger partial charge in [-0.1, -0.05) is 0 Å². The first-order chi connectivity index (χ1) is 8.58. The zero-order chi connectivity index (χ0) is 13.1. The summed E-state index contributed by atoms with van der Waals surface area (Å²) < 4.78 is 0.994. The summed E-state index contributed by atoms with van der Waals surface area (Å²) in [7, 11) is 0. The summed E-state index contributed by atoms with van der Waals surface area (Å²) >= 11 is 0. The van der Waals surface area contributed by atoms with Crippen LogP contribution in [0.4, 0.5) is 5.82 Å². The zero-order valence-electron chi connectivity index (χ0n) is 8.79. The minimum atomic E-state index is -1.13. The largest absolute Gasteiger partial charge is 0.480 e. The summed E-state index contributed by atoms with van der Waals surface area (Å²) in [5, 5.41) is 29.6. The molecule has 0 unspecified atom stereocenters. The van der Waals surface area contributed by atoms with Gasteiger partial charge < -0.3 is 15.2 Å². The number of hydrogen-bond acceptors (Lipinski definition) is 7. The van der Waals surface area contributed by atoms with Gasteiger partial charge in [-0.2, -0.15) is 0 Å². The molecule has 2 aromatic rings. The number of carboxylic acids is 1. The van der Waals surface area contributed by atoms with Crippen molar-refractivity contribution in [3.8, 4) is 11.5 Å². The van der Waals surface area contributed by atoms with Crippen LogP contribution in [0.25, 0.3) is 11.5 Å². The molecule has 0 saturated carbocycles. The smallest absolute Gasteiger partial charge is 0.364 e. The second kappa shape index (κ2) is 4.53. The number of hydrogen-bond donors (Lipinski definition) is 1. The van der Waals surface area contributed by atoms with Gasteiger partial charge in [-0.05, 0) is 32.5 Å². The van der Waals surface area contributed by atoms with Crippen LogP contribution < -0.4 is 0 Å². The highest BCUT2D eigenvalue weighted by molar-refractivity contribution is 5.67. The molecule has 0 radical (unpaired) electrons. The van der Waals surface area contributed by atoms with E-state index >= 15 is 0 Å². The number of rotatable bonds is 4. The summed E-state index contributed by atoms with van der Waals surface area (Å²) in [6.07, 6.45) is 0. The van der Waals surface area contributed by atoms with E-state index in [1.807, 2.05) is 0 Å². The maximum absolute atomic E-state index is 10.6. The molecule has 10 nitrogen and oxygen atoms in total. The molecule has 2 aromatic heterocycles. The molecule has 0 aliphatic rings. The quantitative estimate of drug-likeness (QED) is 0.578. The fourth-order valence-corrected chi connectivity index (χ4v) is 1.27. The number of nitro groups is 1. The highest BCUT2D eigenvalue weighted by Crippen LogP contribution is 2.16. The van der Waals surface area contributed by atoms with Crippen LogP contribution in [-0.2, 0) is 11.3 Å². The van der Waals surface area contributed by atoms with Crippen molar-refractivity contribution in [3.05, 3.63) is 28.3 Å². The van der Waals surface area contributed by atoms with E-state index in [-0.39, 0.29) is 17.3 Å². The Hall–Kier alpha value is -2.91. The maximum Gasteiger partial charge on any atom is 0.364 e. The van der Waals surface area contributed by atoms with Gasteiger partial charge in [0.15, 0.2) is 0 Å². The van der Waals surface area contributed by atoms with Crippen molar-refractivity contribution in [2.75, 3.05) is 0 Å². The van der Waals surface area contributed by atoms with Gasteiger partial charge in [-0.25, -0.2) is 4.68 Å². The van der Waals surface area contributed by atoms with E-state index in [4.69, 9.17) is 5.11 Å². The molecule has 0 aliphatic heterocycles. The van der Waals surface area contributed by atoms with Crippen molar-refractivity contribution in [2.24, 2.45) is 0 Å². The molecule has 0 atom stereocenters. The third-order valence-corrected chi connectivity index (χ3v) is 1.97. The SMILES string of the molecule is O=C(O)Cn1nnnc1-c1cccc([N+](=O)[O-])n1. The van der Waals surface area contributed by atoms with E-state index < -0.39 is 17.4 Å². The highest BCUT2D eigenvalue weighted by Gasteiger charge is 2.18. The molecule has 0 fully saturated rings. The third kappa shape index (κ3) is 2.26. The Morgan fingerprint density at radius 2 is 2.28 bits per heavy atom. The molecule has 0 amide bonds. The lowest BCUT2D eigenvalue weighted by molar-refractivity contribution is -0.389. The summed E-state index contributed by atoms with van der Waals surface area (Å²) in [5.41, 5.74) is 0.135. The number of aromatic nitrogens is 5. The monoisotopic (exact) mass is 250 g/mol. The van der Waals surface area contributed by atoms with Crippen LogP contribution in [0.2, 0.25) is 0 Å². The Bertz CT molecular complexity index is 609. The van der Waals surface area contributed by atoms with Crippen LogP contribution in [0.5, 0.6) is 0 Å². The fraction of sp³-hybridized carbons (Fsp3) is 0.125. The van der Waals surface area contributed by atoms with Gasteiger partial charge in [0, 0.05) is 6.07 Å². The molecule has 18 heavy (non-hydrogen) atoms. The van der Waals surface area contributed by atoms with E-state index in [0.717, 1.165) is 4.68 Å². The Balaban J connectivity index is 2.42. The highest BCUT2D eigenvalue weighted by atomic mass is 16.6. The summed E-state index contributed by atoms with van der Waals surface area (Å²) in [6.45, 7) is -0.452. The normalized spacial score (nSPS) is 10.2. The van der Waals surface area contributed by atoms with Crippen LogP contribution in [0.15, 0.2) is 18.2 Å². The van der Waals surface area contributed by atoms with E-state index in [1.165, 1.54) is 18.2 Å². The standard InChI is InChI=1S/C8H6N6O4/c15-7(16)4-13-8(10-11-12-13)5-2-1-3-6(9-5)14(17)18/h1-3H,4H2,(H,15,16). The molecule has 10 heteroatoms. The van der Waals surface area contributed by atoms with Crippen LogP contribution >= 0.6 is 0 Å². The second-order valence-corrected chi connectivity index (χ2v) is 3.19. The van der Waals surface area contributed by atoms with E-state index in [9.17, 15) is 14.9 Å². The number of carbonyl (C=O) groups is 1. The second-order valence-electron chi connectivity index (χ2n) is 3.19. The maximum atomic E-state index is 10.6. The van der Waals surface area contributed by atoms with Crippen molar-refractivity contribution in [3.63, 3.8) is 0 Å². The van der Waals surface area contributed by atoms with Crippen molar-refractivity contribution in [2.45, 2.75) is 6.54 Å². The molecule has 2 rings (SSSR count). The Labute approximate surface area is 99.0 Å². The molecule has 0 spiro atoms. The number of tetrazole rings is 1. The summed E-state index contributed by atoms with van der Waals surface area (Å²) in [4.78, 5) is 24.2. The molecule has 92 valence electrons. The number of aliphatic carboxylic acids is 1. The lowest BCUT2D eigenvalue weighted by Crippen LogP contribution is -2.12. The number of carboxylic acid groups (broad SMARTS) is 1. The van der Waals surface area contributed by atoms with Crippen LogP contribution in [0.3, 0.4) is 0 Å². The fourth-order valence-electron chi connectivity index (χ4n) is 1.27. The molecule has 0 bridgehead atoms. The summed E-state index contributed by atoms with van der Waals surface area (Å²) in [5.74, 6) is -1.44. The summed E-state index contributed by atoms with van der Waals surface area (Å²) in [6, 6.07) is 4.09. The minimum Gasteiger partial charge on any atom is -0.480 e. The third-order valence-electron chi connectivity index (χ3n) is 1.97. The number of nitrogens with zero attached hydrogens (tertiary/aromatic N) is 6. The van der Waals surface area contributed by atoms with Gasteiger partial charge in [0.2, 0.25) is 11.5 Å². The van der Waals surface area contributed by atoms with E-state index in [0.29, 0.717) is 0 Å². The Morgan fingerprint density at radius 3 is 2.94 bits per heavy atom. The topological polar surface area (TPSA) is 137 Å². The van der Waals surface area contributed by atoms with Crippen molar-refractivity contribution >= 4 is 11.8 Å². The molecule has 2 heterocycles. The van der Waals surface area contributed by atoms with Crippen LogP contribution in [-0.4, -0.2) is 41.2 Å².